The van der Waals surface area contributed by atoms with E-state index in [0.717, 1.165) is 0 Å². The second kappa shape index (κ2) is 4.66. The minimum absolute atomic E-state index is 0.0417. The Kier molecular flexibility index (Phi) is 3.84. The van der Waals surface area contributed by atoms with Crippen LogP contribution in [0.3, 0.4) is 0 Å². The van der Waals surface area contributed by atoms with E-state index >= 15 is 0 Å². The molecule has 0 aromatic carbocycles. The molecule has 0 aliphatic carbocycles. The van der Waals surface area contributed by atoms with Crippen molar-refractivity contribution in [2.24, 2.45) is 5.73 Å². The molecule has 0 radical (unpaired) electrons. The van der Waals surface area contributed by atoms with E-state index in [1.807, 2.05) is 0 Å². The lowest BCUT2D eigenvalue weighted by molar-refractivity contribution is -0.106. The lowest BCUT2D eigenvalue weighted by atomic mass is 10.9. The molecular formula is C4H9N7O. The quantitative estimate of drug-likeness (QED) is 0.320. The molecule has 1 amide bonds. The fraction of sp³-hybridized carbons (Fsp3) is 0. The number of nitrogens with two attached hydrogens (primary N) is 4. The first-order valence-electron chi connectivity index (χ1n) is 2.78. The summed E-state index contributed by atoms with van der Waals surface area (Å²) in [5.74, 6) is 0.125. The molecule has 8 N–H and O–H groups in total. The van der Waals surface area contributed by atoms with Gasteiger partial charge in [-0.3, -0.25) is 4.79 Å². The summed E-state index contributed by atoms with van der Waals surface area (Å²) in [7, 11) is 0. The normalized spacial score (nSPS) is 8.00. The molecule has 0 aliphatic heterocycles. The standard InChI is InChI=1S/C3H6N6.CH3NO/c4-1-7-2(5)9-3(6)8-1;2-1-3/h(H6,4,5,6,7,8,9);1H,(H2,2,3). The van der Waals surface area contributed by atoms with Crippen molar-refractivity contribution >= 4 is 24.3 Å². The van der Waals surface area contributed by atoms with E-state index in [1.54, 1.807) is 0 Å². The van der Waals surface area contributed by atoms with Gasteiger partial charge in [0.05, 0.1) is 0 Å². The van der Waals surface area contributed by atoms with Gasteiger partial charge in [-0.25, -0.2) is 0 Å². The van der Waals surface area contributed by atoms with Gasteiger partial charge in [0.15, 0.2) is 0 Å². The van der Waals surface area contributed by atoms with E-state index in [2.05, 4.69) is 20.7 Å². The Hall–Kier alpha value is -2.12. The van der Waals surface area contributed by atoms with Crippen LogP contribution in [-0.2, 0) is 4.79 Å². The van der Waals surface area contributed by atoms with E-state index in [9.17, 15) is 0 Å². The number of anilines is 3. The molecule has 1 rings (SSSR count). The van der Waals surface area contributed by atoms with Crippen LogP contribution in [0.4, 0.5) is 17.8 Å². The second-order valence-electron chi connectivity index (χ2n) is 1.55. The number of rotatable bonds is 0. The van der Waals surface area contributed by atoms with Crippen LogP contribution in [0.25, 0.3) is 0 Å². The van der Waals surface area contributed by atoms with E-state index in [0.29, 0.717) is 0 Å². The third kappa shape index (κ3) is 3.82. The third-order valence-electron chi connectivity index (χ3n) is 0.687. The lowest BCUT2D eigenvalue weighted by Crippen LogP contribution is -2.05. The minimum atomic E-state index is 0.0417. The van der Waals surface area contributed by atoms with Crippen LogP contribution in [0, 0.1) is 0 Å². The molecule has 1 heterocycles. The van der Waals surface area contributed by atoms with Crippen LogP contribution in [-0.4, -0.2) is 21.4 Å². The third-order valence-corrected chi connectivity index (χ3v) is 0.687. The molecule has 12 heavy (non-hydrogen) atoms. The highest BCUT2D eigenvalue weighted by Crippen LogP contribution is 1.97. The molecule has 1 aromatic rings. The molecule has 8 heteroatoms. The van der Waals surface area contributed by atoms with Crippen LogP contribution in [0.2, 0.25) is 0 Å². The van der Waals surface area contributed by atoms with E-state index < -0.39 is 0 Å². The van der Waals surface area contributed by atoms with Gasteiger partial charge in [0, 0.05) is 0 Å². The predicted molar refractivity (Wildman–Crippen MR) is 43.3 cm³/mol. The molecule has 0 saturated carbocycles. The smallest absolute Gasteiger partial charge is 0.226 e. The summed E-state index contributed by atoms with van der Waals surface area (Å²) in [6, 6.07) is 0. The zero-order valence-electron chi connectivity index (χ0n) is 6.14. The summed E-state index contributed by atoms with van der Waals surface area (Å²) >= 11 is 0. The Balaban J connectivity index is 0.000000354. The Bertz CT molecular complexity index is 211. The minimum Gasteiger partial charge on any atom is -0.372 e. The van der Waals surface area contributed by atoms with Crippen molar-refractivity contribution in [2.45, 2.75) is 0 Å². The monoisotopic (exact) mass is 171 g/mol. The largest absolute Gasteiger partial charge is 0.372 e. The summed E-state index contributed by atoms with van der Waals surface area (Å²) in [6.45, 7) is 0. The molecule has 0 aliphatic rings. The van der Waals surface area contributed by atoms with Crippen molar-refractivity contribution in [1.29, 1.82) is 0 Å². The van der Waals surface area contributed by atoms with Crippen LogP contribution in [0.15, 0.2) is 0 Å². The van der Waals surface area contributed by atoms with Gasteiger partial charge in [-0.1, -0.05) is 0 Å². The van der Waals surface area contributed by atoms with Crippen molar-refractivity contribution in [3.63, 3.8) is 0 Å². The Morgan fingerprint density at radius 1 is 0.917 bits per heavy atom. The van der Waals surface area contributed by atoms with Gasteiger partial charge >= 0.3 is 0 Å². The maximum Gasteiger partial charge on any atom is 0.226 e. The van der Waals surface area contributed by atoms with Gasteiger partial charge in [0.25, 0.3) is 0 Å². The van der Waals surface area contributed by atoms with Gasteiger partial charge in [0.2, 0.25) is 24.3 Å². The number of carbonyl (C=O) groups is 1. The molecule has 1 aromatic heterocycles. The van der Waals surface area contributed by atoms with Gasteiger partial charge < -0.3 is 22.9 Å². The van der Waals surface area contributed by atoms with Crippen molar-refractivity contribution in [3.05, 3.63) is 0 Å². The average Bonchev–Trinajstić information content (AvgIpc) is 1.84. The van der Waals surface area contributed by atoms with Crippen LogP contribution in [0.5, 0.6) is 0 Å². The molecule has 0 atom stereocenters. The molecule has 0 fully saturated rings. The number of aromatic nitrogens is 3. The van der Waals surface area contributed by atoms with Gasteiger partial charge in [0.1, 0.15) is 0 Å². The molecular weight excluding hydrogens is 162 g/mol. The number of primary amides is 1. The highest BCUT2D eigenvalue weighted by molar-refractivity contribution is 5.42. The number of nitrogens with zero attached hydrogens (tertiary/aromatic N) is 3. The van der Waals surface area contributed by atoms with Crippen LogP contribution in [0.1, 0.15) is 0 Å². The van der Waals surface area contributed by atoms with Crippen molar-refractivity contribution in [2.75, 3.05) is 17.2 Å². The lowest BCUT2D eigenvalue weighted by Gasteiger charge is -1.93. The van der Waals surface area contributed by atoms with E-state index in [4.69, 9.17) is 22.0 Å². The van der Waals surface area contributed by atoms with Gasteiger partial charge in [-0.15, -0.1) is 0 Å². The molecule has 0 unspecified atom stereocenters. The van der Waals surface area contributed by atoms with E-state index in [-0.39, 0.29) is 24.3 Å². The molecule has 8 nitrogen and oxygen atoms in total. The van der Waals surface area contributed by atoms with Crippen molar-refractivity contribution in [3.8, 4) is 0 Å². The van der Waals surface area contributed by atoms with E-state index in [1.165, 1.54) is 0 Å². The number of nitrogen functional groups attached to an aromatic ring is 3. The number of hydrogen-bond donors (Lipinski definition) is 4. The summed E-state index contributed by atoms with van der Waals surface area (Å²) < 4.78 is 0. The fourth-order valence-electron chi connectivity index (χ4n) is 0.427. The highest BCUT2D eigenvalue weighted by atomic mass is 16.1. The van der Waals surface area contributed by atoms with Crippen molar-refractivity contribution in [1.82, 2.24) is 15.0 Å². The summed E-state index contributed by atoms with van der Waals surface area (Å²) in [5.41, 5.74) is 19.6. The average molecular weight is 171 g/mol. The van der Waals surface area contributed by atoms with Crippen molar-refractivity contribution < 1.29 is 4.79 Å². The highest BCUT2D eigenvalue weighted by Gasteiger charge is 1.93. The summed E-state index contributed by atoms with van der Waals surface area (Å²) in [4.78, 5) is 19.0. The zero-order chi connectivity index (χ0) is 9.56. The predicted octanol–water partition coefficient (Wildman–Crippen LogP) is -2.28. The first-order chi connectivity index (χ1) is 5.60. The summed E-state index contributed by atoms with van der Waals surface area (Å²) in [5, 5.41) is 0. The number of carbonyl (C=O) groups excluding carboxylic acids is 1. The first kappa shape index (κ1) is 9.88. The SMILES string of the molecule is NC=O.Nc1nc(N)nc(N)n1. The fourth-order valence-corrected chi connectivity index (χ4v) is 0.427. The maximum absolute atomic E-state index is 8.58. The molecule has 66 valence electrons. The Labute approximate surface area is 68.0 Å². The van der Waals surface area contributed by atoms with Gasteiger partial charge in [-0.2, -0.15) is 15.0 Å². The Morgan fingerprint density at radius 2 is 1.08 bits per heavy atom. The zero-order valence-corrected chi connectivity index (χ0v) is 6.14. The maximum atomic E-state index is 8.58. The summed E-state index contributed by atoms with van der Waals surface area (Å²) in [6.07, 6.45) is 0.250. The molecule has 0 bridgehead atoms. The second-order valence-corrected chi connectivity index (χ2v) is 1.55. The first-order valence-corrected chi connectivity index (χ1v) is 2.78. The number of amides is 1. The topological polar surface area (TPSA) is 160 Å². The van der Waals surface area contributed by atoms with Crippen LogP contribution >= 0.6 is 0 Å². The number of hydrogen-bond acceptors (Lipinski definition) is 7. The Morgan fingerprint density at radius 3 is 1.25 bits per heavy atom. The molecule has 0 saturated heterocycles. The van der Waals surface area contributed by atoms with Gasteiger partial charge in [-0.05, 0) is 0 Å². The van der Waals surface area contributed by atoms with Crippen LogP contribution < -0.4 is 22.9 Å². The molecule has 0 spiro atoms.